The maximum absolute atomic E-state index is 11.9. The van der Waals surface area contributed by atoms with Crippen molar-refractivity contribution in [2.75, 3.05) is 13.2 Å². The minimum absolute atomic E-state index is 0.0612. The van der Waals surface area contributed by atoms with Gasteiger partial charge in [-0.3, -0.25) is 0 Å². The first kappa shape index (κ1) is 15.9. The van der Waals surface area contributed by atoms with Gasteiger partial charge in [-0.1, -0.05) is 18.2 Å². The molecule has 1 aliphatic heterocycles. The fraction of sp³-hybridized carbons (Fsp3) is 0.500. The number of carbonyl (C=O) groups excluding carboxylic acids is 1. The van der Waals surface area contributed by atoms with Crippen LogP contribution in [0.15, 0.2) is 30.5 Å². The number of H-pyrrole nitrogens is 1. The molecular formula is C18H25N3O2. The molecule has 2 heterocycles. The topological polar surface area (TPSA) is 66.2 Å². The fourth-order valence-electron chi connectivity index (χ4n) is 3.17. The number of amides is 2. The average Bonchev–Trinajstić information content (AvgIpc) is 3.21. The van der Waals surface area contributed by atoms with E-state index in [-0.39, 0.29) is 18.2 Å². The summed E-state index contributed by atoms with van der Waals surface area (Å²) in [6.07, 6.45) is 6.21. The molecule has 0 spiro atoms. The Morgan fingerprint density at radius 2 is 2.30 bits per heavy atom. The Morgan fingerprint density at radius 1 is 1.43 bits per heavy atom. The summed E-state index contributed by atoms with van der Waals surface area (Å²) in [6.45, 7) is 3.48. The van der Waals surface area contributed by atoms with Crippen molar-refractivity contribution in [2.24, 2.45) is 0 Å². The Labute approximate surface area is 136 Å². The minimum Gasteiger partial charge on any atom is -0.376 e. The fourth-order valence-corrected chi connectivity index (χ4v) is 3.17. The second-order valence-electron chi connectivity index (χ2n) is 6.20. The SMILES string of the molecule is C[C@@H](NC(=O)NCCCc1c[nH]c2ccccc12)[C@@H]1CCCO1. The molecular weight excluding hydrogens is 290 g/mol. The van der Waals surface area contributed by atoms with Gasteiger partial charge in [-0.15, -0.1) is 0 Å². The third-order valence-corrected chi connectivity index (χ3v) is 4.46. The number of fused-ring (bicyclic) bond motifs is 1. The predicted molar refractivity (Wildman–Crippen MR) is 91.6 cm³/mol. The van der Waals surface area contributed by atoms with Gasteiger partial charge in [0.05, 0.1) is 12.1 Å². The van der Waals surface area contributed by atoms with Crippen LogP contribution in [0.1, 0.15) is 31.7 Å². The third kappa shape index (κ3) is 4.05. The molecule has 0 radical (unpaired) electrons. The number of para-hydroxylation sites is 1. The Kier molecular flexibility index (Phi) is 5.18. The highest BCUT2D eigenvalue weighted by molar-refractivity contribution is 5.83. The van der Waals surface area contributed by atoms with Crippen LogP contribution in [-0.4, -0.2) is 36.3 Å². The number of aromatic amines is 1. The van der Waals surface area contributed by atoms with Gasteiger partial charge in [-0.2, -0.15) is 0 Å². The van der Waals surface area contributed by atoms with E-state index in [1.165, 1.54) is 16.5 Å². The van der Waals surface area contributed by atoms with E-state index in [1.54, 1.807) is 0 Å². The van der Waals surface area contributed by atoms with Crippen LogP contribution in [0.5, 0.6) is 0 Å². The van der Waals surface area contributed by atoms with Crippen molar-refractivity contribution in [3.05, 3.63) is 36.0 Å². The molecule has 23 heavy (non-hydrogen) atoms. The molecule has 3 N–H and O–H groups in total. The number of hydrogen-bond acceptors (Lipinski definition) is 2. The Bertz CT molecular complexity index is 647. The molecule has 124 valence electrons. The molecule has 2 atom stereocenters. The lowest BCUT2D eigenvalue weighted by Gasteiger charge is -2.20. The van der Waals surface area contributed by atoms with Crippen LogP contribution >= 0.6 is 0 Å². The Balaban J connectivity index is 1.38. The highest BCUT2D eigenvalue weighted by Gasteiger charge is 2.23. The molecule has 0 aliphatic carbocycles. The lowest BCUT2D eigenvalue weighted by molar-refractivity contribution is 0.0860. The average molecular weight is 315 g/mol. The van der Waals surface area contributed by atoms with Crippen molar-refractivity contribution >= 4 is 16.9 Å². The summed E-state index contributed by atoms with van der Waals surface area (Å²) >= 11 is 0. The van der Waals surface area contributed by atoms with E-state index >= 15 is 0 Å². The summed E-state index contributed by atoms with van der Waals surface area (Å²) in [5.74, 6) is 0. The van der Waals surface area contributed by atoms with Crippen molar-refractivity contribution in [3.63, 3.8) is 0 Å². The maximum atomic E-state index is 11.9. The van der Waals surface area contributed by atoms with Gasteiger partial charge in [0, 0.05) is 30.3 Å². The molecule has 2 amide bonds. The van der Waals surface area contributed by atoms with Gasteiger partial charge in [0.15, 0.2) is 0 Å². The third-order valence-electron chi connectivity index (χ3n) is 4.46. The molecule has 0 saturated carbocycles. The van der Waals surface area contributed by atoms with Crippen LogP contribution in [0.25, 0.3) is 10.9 Å². The summed E-state index contributed by atoms with van der Waals surface area (Å²) < 4.78 is 5.59. The largest absolute Gasteiger partial charge is 0.376 e. The van der Waals surface area contributed by atoms with Crippen LogP contribution in [0.2, 0.25) is 0 Å². The monoisotopic (exact) mass is 315 g/mol. The summed E-state index contributed by atoms with van der Waals surface area (Å²) in [7, 11) is 0. The van der Waals surface area contributed by atoms with Gasteiger partial charge in [-0.05, 0) is 44.2 Å². The molecule has 3 rings (SSSR count). The van der Waals surface area contributed by atoms with Crippen molar-refractivity contribution in [2.45, 2.75) is 44.8 Å². The van der Waals surface area contributed by atoms with Crippen molar-refractivity contribution < 1.29 is 9.53 Å². The quantitative estimate of drug-likeness (QED) is 0.718. The lowest BCUT2D eigenvalue weighted by Crippen LogP contribution is -2.46. The zero-order chi connectivity index (χ0) is 16.1. The number of hydrogen-bond donors (Lipinski definition) is 3. The van der Waals surface area contributed by atoms with Gasteiger partial charge < -0.3 is 20.4 Å². The lowest BCUT2D eigenvalue weighted by atomic mass is 10.1. The van der Waals surface area contributed by atoms with E-state index in [0.29, 0.717) is 6.54 Å². The molecule has 1 fully saturated rings. The van der Waals surface area contributed by atoms with E-state index < -0.39 is 0 Å². The highest BCUT2D eigenvalue weighted by atomic mass is 16.5. The van der Waals surface area contributed by atoms with Gasteiger partial charge in [0.1, 0.15) is 0 Å². The maximum Gasteiger partial charge on any atom is 0.315 e. The van der Waals surface area contributed by atoms with Gasteiger partial charge in [0.2, 0.25) is 0 Å². The standard InChI is InChI=1S/C18H25N3O2/c1-13(17-9-5-11-23-17)21-18(22)19-10-4-6-14-12-20-16-8-3-2-7-15(14)16/h2-3,7-8,12-13,17,20H,4-6,9-11H2,1H3,(H2,19,21,22)/t13-,17+/m1/s1. The molecule has 2 aromatic rings. The smallest absolute Gasteiger partial charge is 0.315 e. The van der Waals surface area contributed by atoms with E-state index in [4.69, 9.17) is 4.74 Å². The Hall–Kier alpha value is -2.01. The van der Waals surface area contributed by atoms with Gasteiger partial charge in [0.25, 0.3) is 0 Å². The van der Waals surface area contributed by atoms with E-state index in [9.17, 15) is 4.79 Å². The summed E-state index contributed by atoms with van der Waals surface area (Å²) in [5.41, 5.74) is 2.47. The molecule has 0 bridgehead atoms. The second-order valence-corrected chi connectivity index (χ2v) is 6.20. The number of benzene rings is 1. The number of rotatable bonds is 6. The van der Waals surface area contributed by atoms with Gasteiger partial charge >= 0.3 is 6.03 Å². The van der Waals surface area contributed by atoms with Crippen LogP contribution in [0.4, 0.5) is 4.79 Å². The first-order valence-corrected chi connectivity index (χ1v) is 8.45. The predicted octanol–water partition coefficient (Wildman–Crippen LogP) is 2.97. The second kappa shape index (κ2) is 7.51. The van der Waals surface area contributed by atoms with Gasteiger partial charge in [-0.25, -0.2) is 4.79 Å². The molecule has 1 saturated heterocycles. The number of carbonyl (C=O) groups is 1. The van der Waals surface area contributed by atoms with Crippen LogP contribution in [-0.2, 0) is 11.2 Å². The number of aromatic nitrogens is 1. The molecule has 5 heteroatoms. The van der Waals surface area contributed by atoms with Crippen molar-refractivity contribution in [1.29, 1.82) is 0 Å². The number of urea groups is 1. The zero-order valence-electron chi connectivity index (χ0n) is 13.6. The molecule has 1 aromatic carbocycles. The molecule has 1 aromatic heterocycles. The minimum atomic E-state index is -0.105. The van der Waals surface area contributed by atoms with E-state index in [2.05, 4.69) is 40.0 Å². The number of aryl methyl sites for hydroxylation is 1. The van der Waals surface area contributed by atoms with Crippen molar-refractivity contribution in [3.8, 4) is 0 Å². The number of ether oxygens (including phenoxy) is 1. The molecule has 0 unspecified atom stereocenters. The highest BCUT2D eigenvalue weighted by Crippen LogP contribution is 2.18. The Morgan fingerprint density at radius 3 is 3.13 bits per heavy atom. The molecule has 1 aliphatic rings. The zero-order valence-corrected chi connectivity index (χ0v) is 13.6. The first-order valence-electron chi connectivity index (χ1n) is 8.45. The number of nitrogens with one attached hydrogen (secondary N) is 3. The molecule has 5 nitrogen and oxygen atoms in total. The van der Waals surface area contributed by atoms with Crippen molar-refractivity contribution in [1.82, 2.24) is 15.6 Å². The summed E-state index contributed by atoms with van der Waals surface area (Å²) in [4.78, 5) is 15.2. The van der Waals surface area contributed by atoms with E-state index in [0.717, 1.165) is 32.3 Å². The summed E-state index contributed by atoms with van der Waals surface area (Å²) in [6, 6.07) is 8.25. The van der Waals surface area contributed by atoms with Crippen LogP contribution in [0, 0.1) is 0 Å². The van der Waals surface area contributed by atoms with Crippen LogP contribution in [0.3, 0.4) is 0 Å². The van der Waals surface area contributed by atoms with Crippen LogP contribution < -0.4 is 10.6 Å². The summed E-state index contributed by atoms with van der Waals surface area (Å²) in [5, 5.41) is 7.16. The normalized spacial score (nSPS) is 18.9. The first-order chi connectivity index (χ1) is 11.2. The van der Waals surface area contributed by atoms with E-state index in [1.807, 2.05) is 13.0 Å².